The number of benzene rings is 1. The van der Waals surface area contributed by atoms with Crippen molar-refractivity contribution >= 4 is 39.6 Å². The first-order valence-corrected chi connectivity index (χ1v) is 11.9. The van der Waals surface area contributed by atoms with Crippen LogP contribution in [0.4, 0.5) is 5.13 Å². The van der Waals surface area contributed by atoms with E-state index in [0.717, 1.165) is 16.1 Å². The monoisotopic (exact) mass is 472 g/mol. The van der Waals surface area contributed by atoms with Crippen LogP contribution in [0.5, 0.6) is 11.5 Å². The molecule has 8 nitrogen and oxygen atoms in total. The average Bonchev–Trinajstić information content (AvgIpc) is 3.51. The van der Waals surface area contributed by atoms with Crippen LogP contribution in [0.2, 0.25) is 0 Å². The molecule has 0 aliphatic carbocycles. The number of carbonyl (C=O) groups is 2. The SMILES string of the molecule is COc1ccc(-c2csc(NC(=O)CN3CCN(C(=O)c4cccs4)CC3)n2)c(OC)c1. The number of amides is 2. The summed E-state index contributed by atoms with van der Waals surface area (Å²) < 4.78 is 10.7. The number of aromatic nitrogens is 1. The molecule has 1 saturated heterocycles. The molecule has 0 bridgehead atoms. The van der Waals surface area contributed by atoms with Crippen molar-refractivity contribution in [2.45, 2.75) is 0 Å². The van der Waals surface area contributed by atoms with E-state index in [2.05, 4.69) is 15.2 Å². The van der Waals surface area contributed by atoms with Gasteiger partial charge in [0, 0.05) is 43.2 Å². The Hall–Kier alpha value is -2.95. The number of thiazole rings is 1. The molecule has 32 heavy (non-hydrogen) atoms. The van der Waals surface area contributed by atoms with Crippen LogP contribution in [-0.4, -0.2) is 73.5 Å². The number of nitrogens with zero attached hydrogens (tertiary/aromatic N) is 3. The van der Waals surface area contributed by atoms with Crippen LogP contribution < -0.4 is 14.8 Å². The molecule has 0 spiro atoms. The van der Waals surface area contributed by atoms with Crippen molar-refractivity contribution in [3.05, 3.63) is 46.0 Å². The number of hydrogen-bond acceptors (Lipinski definition) is 8. The Bertz CT molecular complexity index is 1080. The molecule has 1 fully saturated rings. The van der Waals surface area contributed by atoms with Crippen molar-refractivity contribution < 1.29 is 19.1 Å². The fourth-order valence-corrected chi connectivity index (χ4v) is 4.91. The van der Waals surface area contributed by atoms with Crippen LogP contribution in [-0.2, 0) is 4.79 Å². The van der Waals surface area contributed by atoms with Gasteiger partial charge in [0.15, 0.2) is 5.13 Å². The van der Waals surface area contributed by atoms with Crippen molar-refractivity contribution in [1.82, 2.24) is 14.8 Å². The summed E-state index contributed by atoms with van der Waals surface area (Å²) in [5, 5.41) is 7.20. The number of anilines is 1. The zero-order chi connectivity index (χ0) is 22.5. The number of nitrogens with one attached hydrogen (secondary N) is 1. The lowest BCUT2D eigenvalue weighted by molar-refractivity contribution is -0.117. The molecule has 2 amide bonds. The van der Waals surface area contributed by atoms with Gasteiger partial charge in [-0.2, -0.15) is 0 Å². The molecule has 0 unspecified atom stereocenters. The van der Waals surface area contributed by atoms with Crippen molar-refractivity contribution in [1.29, 1.82) is 0 Å². The van der Waals surface area contributed by atoms with Crippen molar-refractivity contribution in [2.75, 3.05) is 52.3 Å². The average molecular weight is 473 g/mol. The quantitative estimate of drug-likeness (QED) is 0.568. The molecule has 0 saturated carbocycles. The third-order valence-corrected chi connectivity index (χ3v) is 6.81. The van der Waals surface area contributed by atoms with E-state index in [1.165, 1.54) is 22.7 Å². The summed E-state index contributed by atoms with van der Waals surface area (Å²) in [6.45, 7) is 2.82. The Balaban J connectivity index is 1.30. The van der Waals surface area contributed by atoms with E-state index in [1.54, 1.807) is 20.3 Å². The number of methoxy groups -OCH3 is 2. The molecule has 1 aliphatic rings. The Labute approximate surface area is 194 Å². The van der Waals surface area contributed by atoms with Gasteiger partial charge in [-0.3, -0.25) is 14.5 Å². The van der Waals surface area contributed by atoms with E-state index in [9.17, 15) is 9.59 Å². The van der Waals surface area contributed by atoms with Crippen LogP contribution in [0.3, 0.4) is 0 Å². The van der Waals surface area contributed by atoms with E-state index >= 15 is 0 Å². The highest BCUT2D eigenvalue weighted by Crippen LogP contribution is 2.34. The van der Waals surface area contributed by atoms with Gasteiger partial charge in [-0.1, -0.05) is 6.07 Å². The van der Waals surface area contributed by atoms with Crippen LogP contribution in [0.1, 0.15) is 9.67 Å². The van der Waals surface area contributed by atoms with Gasteiger partial charge in [0.05, 0.1) is 31.3 Å². The number of carbonyl (C=O) groups excluding carboxylic acids is 2. The van der Waals surface area contributed by atoms with Gasteiger partial charge in [0.25, 0.3) is 5.91 Å². The maximum Gasteiger partial charge on any atom is 0.264 e. The van der Waals surface area contributed by atoms with Gasteiger partial charge in [-0.15, -0.1) is 22.7 Å². The van der Waals surface area contributed by atoms with Gasteiger partial charge in [-0.05, 0) is 23.6 Å². The lowest BCUT2D eigenvalue weighted by Gasteiger charge is -2.34. The fourth-order valence-electron chi connectivity index (χ4n) is 3.49. The van der Waals surface area contributed by atoms with Gasteiger partial charge in [0.2, 0.25) is 5.91 Å². The fraction of sp³-hybridized carbons (Fsp3) is 0.318. The van der Waals surface area contributed by atoms with Gasteiger partial charge in [0.1, 0.15) is 11.5 Å². The Morgan fingerprint density at radius 2 is 1.91 bits per heavy atom. The Morgan fingerprint density at radius 3 is 2.59 bits per heavy atom. The van der Waals surface area contributed by atoms with Crippen molar-refractivity contribution in [3.8, 4) is 22.8 Å². The van der Waals surface area contributed by atoms with Crippen molar-refractivity contribution in [2.24, 2.45) is 0 Å². The third-order valence-electron chi connectivity index (χ3n) is 5.19. The van der Waals surface area contributed by atoms with Gasteiger partial charge >= 0.3 is 0 Å². The molecule has 10 heteroatoms. The molecule has 1 aliphatic heterocycles. The summed E-state index contributed by atoms with van der Waals surface area (Å²) >= 11 is 2.82. The molecule has 1 N–H and O–H groups in total. The molecule has 0 atom stereocenters. The van der Waals surface area contributed by atoms with Crippen LogP contribution in [0.15, 0.2) is 41.1 Å². The maximum atomic E-state index is 12.5. The van der Waals surface area contributed by atoms with Crippen LogP contribution >= 0.6 is 22.7 Å². The van der Waals surface area contributed by atoms with Crippen molar-refractivity contribution in [3.63, 3.8) is 0 Å². The minimum Gasteiger partial charge on any atom is -0.497 e. The van der Waals surface area contributed by atoms with Crippen LogP contribution in [0.25, 0.3) is 11.3 Å². The molecule has 3 heterocycles. The highest BCUT2D eigenvalue weighted by atomic mass is 32.1. The van der Waals surface area contributed by atoms with E-state index in [1.807, 2.05) is 39.9 Å². The standard InChI is InChI=1S/C22H24N4O4S2/c1-29-15-5-6-16(18(12-15)30-2)17-14-32-22(23-17)24-20(27)13-25-7-9-26(10-8-25)21(28)19-4-3-11-31-19/h3-6,11-12,14H,7-10,13H2,1-2H3,(H,23,24,27). The summed E-state index contributed by atoms with van der Waals surface area (Å²) in [4.78, 5) is 34.2. The molecular weight excluding hydrogens is 448 g/mol. The molecule has 3 aromatic rings. The summed E-state index contributed by atoms with van der Waals surface area (Å²) in [6.07, 6.45) is 0. The molecule has 4 rings (SSSR count). The predicted molar refractivity (Wildman–Crippen MR) is 126 cm³/mol. The molecule has 0 radical (unpaired) electrons. The summed E-state index contributed by atoms with van der Waals surface area (Å²) in [7, 11) is 3.20. The summed E-state index contributed by atoms with van der Waals surface area (Å²) in [6, 6.07) is 9.26. The first-order chi connectivity index (χ1) is 15.6. The Morgan fingerprint density at radius 1 is 1.09 bits per heavy atom. The lowest BCUT2D eigenvalue weighted by Crippen LogP contribution is -2.50. The minimum absolute atomic E-state index is 0.0633. The highest BCUT2D eigenvalue weighted by molar-refractivity contribution is 7.14. The van der Waals surface area contributed by atoms with E-state index in [0.29, 0.717) is 42.8 Å². The Kier molecular flexibility index (Phi) is 7.03. The number of piperazine rings is 1. The van der Waals surface area contributed by atoms with E-state index in [4.69, 9.17) is 9.47 Å². The summed E-state index contributed by atoms with van der Waals surface area (Å²) in [5.41, 5.74) is 1.56. The predicted octanol–water partition coefficient (Wildman–Crippen LogP) is 3.29. The second-order valence-electron chi connectivity index (χ2n) is 7.20. The van der Waals surface area contributed by atoms with E-state index in [-0.39, 0.29) is 18.4 Å². The number of thiophene rings is 1. The second kappa shape index (κ2) is 10.1. The number of ether oxygens (including phenoxy) is 2. The smallest absolute Gasteiger partial charge is 0.264 e. The maximum absolute atomic E-state index is 12.5. The number of hydrogen-bond donors (Lipinski definition) is 1. The van der Waals surface area contributed by atoms with Gasteiger partial charge in [-0.25, -0.2) is 4.98 Å². The lowest BCUT2D eigenvalue weighted by atomic mass is 10.1. The summed E-state index contributed by atoms with van der Waals surface area (Å²) in [5.74, 6) is 1.30. The van der Waals surface area contributed by atoms with Gasteiger partial charge < -0.3 is 19.7 Å². The third kappa shape index (κ3) is 5.09. The zero-order valence-corrected chi connectivity index (χ0v) is 19.5. The largest absolute Gasteiger partial charge is 0.497 e. The second-order valence-corrected chi connectivity index (χ2v) is 9.00. The molecule has 168 valence electrons. The van der Waals surface area contributed by atoms with Crippen LogP contribution in [0, 0.1) is 0 Å². The number of rotatable bonds is 7. The molecular formula is C22H24N4O4S2. The molecule has 1 aromatic carbocycles. The topological polar surface area (TPSA) is 84.0 Å². The highest BCUT2D eigenvalue weighted by Gasteiger charge is 2.24. The normalized spacial score (nSPS) is 14.2. The zero-order valence-electron chi connectivity index (χ0n) is 17.9. The first kappa shape index (κ1) is 22.3. The van der Waals surface area contributed by atoms with E-state index < -0.39 is 0 Å². The minimum atomic E-state index is -0.120. The first-order valence-electron chi connectivity index (χ1n) is 10.1. The molecule has 2 aromatic heterocycles.